The first-order valence-electron chi connectivity index (χ1n) is 6.42. The van der Waals surface area contributed by atoms with Crippen LogP contribution in [0.5, 0.6) is 0 Å². The van der Waals surface area contributed by atoms with Crippen molar-refractivity contribution in [1.82, 2.24) is 0 Å². The van der Waals surface area contributed by atoms with Gasteiger partial charge in [0, 0.05) is 17.5 Å². The normalized spacial score (nSPS) is 11.0. The Kier molecular flexibility index (Phi) is 3.33. The number of nitrogens with one attached hydrogen (secondary N) is 1. The van der Waals surface area contributed by atoms with Crippen molar-refractivity contribution in [3.8, 4) is 0 Å². The van der Waals surface area contributed by atoms with Crippen molar-refractivity contribution in [2.24, 2.45) is 0 Å². The number of para-hydroxylation sites is 1. The van der Waals surface area contributed by atoms with Crippen molar-refractivity contribution in [2.45, 2.75) is 13.5 Å². The highest BCUT2D eigenvalue weighted by Crippen LogP contribution is 2.27. The summed E-state index contributed by atoms with van der Waals surface area (Å²) in [5, 5.41) is 3.68. The van der Waals surface area contributed by atoms with E-state index >= 15 is 0 Å². The predicted molar refractivity (Wildman–Crippen MR) is 74.6 cm³/mol. The minimum absolute atomic E-state index is 0.0846. The van der Waals surface area contributed by atoms with E-state index in [0.717, 1.165) is 22.6 Å². The molecule has 1 N–H and O–H groups in total. The first-order valence-corrected chi connectivity index (χ1v) is 6.42. The molecule has 5 heteroatoms. The molecule has 0 saturated heterocycles. The number of benzene rings is 2. The molecule has 0 atom stereocenters. The SMILES string of the molecule is Cc1oc2ccccc2c1CNc1ccc(F)c(F)c1F. The van der Waals surface area contributed by atoms with Crippen molar-refractivity contribution in [1.29, 1.82) is 0 Å². The molecule has 0 spiro atoms. The summed E-state index contributed by atoms with van der Waals surface area (Å²) in [6, 6.07) is 9.53. The Balaban J connectivity index is 1.91. The minimum Gasteiger partial charge on any atom is -0.461 e. The molecule has 2 nitrogen and oxygen atoms in total. The molecule has 0 radical (unpaired) electrons. The average Bonchev–Trinajstić information content (AvgIpc) is 2.80. The fourth-order valence-corrected chi connectivity index (χ4v) is 2.29. The van der Waals surface area contributed by atoms with Crippen molar-refractivity contribution in [3.05, 3.63) is 65.2 Å². The Morgan fingerprint density at radius 2 is 1.76 bits per heavy atom. The molecule has 0 aliphatic rings. The summed E-state index contributed by atoms with van der Waals surface area (Å²) >= 11 is 0. The summed E-state index contributed by atoms with van der Waals surface area (Å²) in [6.45, 7) is 2.06. The lowest BCUT2D eigenvalue weighted by atomic mass is 10.1. The Labute approximate surface area is 119 Å². The number of furan rings is 1. The standard InChI is InChI=1S/C16H12F3NO/c1-9-11(10-4-2-3-5-14(10)21-9)8-20-13-7-6-12(17)15(18)16(13)19/h2-7,20H,8H2,1H3. The minimum atomic E-state index is -1.48. The quantitative estimate of drug-likeness (QED) is 0.703. The van der Waals surface area contributed by atoms with Gasteiger partial charge in [0.2, 0.25) is 0 Å². The van der Waals surface area contributed by atoms with Gasteiger partial charge in [-0.3, -0.25) is 0 Å². The summed E-state index contributed by atoms with van der Waals surface area (Å²) < 4.78 is 45.3. The van der Waals surface area contributed by atoms with E-state index in [-0.39, 0.29) is 12.2 Å². The van der Waals surface area contributed by atoms with Crippen LogP contribution in [0.3, 0.4) is 0 Å². The summed E-state index contributed by atoms with van der Waals surface area (Å²) in [5.74, 6) is -3.20. The second kappa shape index (κ2) is 5.16. The van der Waals surface area contributed by atoms with Gasteiger partial charge in [-0.25, -0.2) is 13.2 Å². The Hall–Kier alpha value is -2.43. The van der Waals surface area contributed by atoms with Gasteiger partial charge in [-0.2, -0.15) is 0 Å². The van der Waals surface area contributed by atoms with Gasteiger partial charge in [0.1, 0.15) is 11.3 Å². The molecule has 21 heavy (non-hydrogen) atoms. The fraction of sp³-hybridized carbons (Fsp3) is 0.125. The van der Waals surface area contributed by atoms with Crippen LogP contribution in [-0.2, 0) is 6.54 Å². The van der Waals surface area contributed by atoms with Crippen LogP contribution in [0.25, 0.3) is 11.0 Å². The largest absolute Gasteiger partial charge is 0.461 e. The van der Waals surface area contributed by atoms with Crippen molar-refractivity contribution in [3.63, 3.8) is 0 Å². The number of hydrogen-bond acceptors (Lipinski definition) is 2. The van der Waals surface area contributed by atoms with Crippen LogP contribution in [0.1, 0.15) is 11.3 Å². The van der Waals surface area contributed by atoms with Gasteiger partial charge < -0.3 is 9.73 Å². The number of fused-ring (bicyclic) bond motifs is 1. The number of aryl methyl sites for hydroxylation is 1. The molecule has 2 aromatic carbocycles. The summed E-state index contributed by atoms with van der Waals surface area (Å²) in [4.78, 5) is 0. The van der Waals surface area contributed by atoms with Crippen LogP contribution < -0.4 is 5.32 Å². The van der Waals surface area contributed by atoms with Crippen LogP contribution in [-0.4, -0.2) is 0 Å². The predicted octanol–water partition coefficient (Wildman–Crippen LogP) is 4.77. The third-order valence-electron chi connectivity index (χ3n) is 3.39. The molecule has 0 bridgehead atoms. The number of halogens is 3. The van der Waals surface area contributed by atoms with Crippen LogP contribution >= 0.6 is 0 Å². The Morgan fingerprint density at radius 1 is 1.00 bits per heavy atom. The molecule has 1 heterocycles. The topological polar surface area (TPSA) is 25.2 Å². The van der Waals surface area contributed by atoms with Gasteiger partial charge in [0.25, 0.3) is 0 Å². The van der Waals surface area contributed by atoms with Crippen molar-refractivity contribution >= 4 is 16.7 Å². The van der Waals surface area contributed by atoms with Crippen molar-refractivity contribution in [2.75, 3.05) is 5.32 Å². The number of anilines is 1. The summed E-state index contributed by atoms with van der Waals surface area (Å²) in [6.07, 6.45) is 0. The number of rotatable bonds is 3. The third-order valence-corrected chi connectivity index (χ3v) is 3.39. The molecular weight excluding hydrogens is 279 g/mol. The first-order chi connectivity index (χ1) is 10.1. The first kappa shape index (κ1) is 13.5. The maximum Gasteiger partial charge on any atom is 0.196 e. The fourth-order valence-electron chi connectivity index (χ4n) is 2.29. The lowest BCUT2D eigenvalue weighted by Crippen LogP contribution is -2.04. The molecular formula is C16H12F3NO. The van der Waals surface area contributed by atoms with Gasteiger partial charge in [-0.1, -0.05) is 18.2 Å². The van der Waals surface area contributed by atoms with E-state index in [9.17, 15) is 13.2 Å². The molecule has 0 fully saturated rings. The highest BCUT2D eigenvalue weighted by Gasteiger charge is 2.15. The second-order valence-electron chi connectivity index (χ2n) is 4.71. The lowest BCUT2D eigenvalue weighted by molar-refractivity contribution is 0.449. The third kappa shape index (κ3) is 2.35. The molecule has 3 aromatic rings. The molecule has 0 unspecified atom stereocenters. The van der Waals surface area contributed by atoms with Gasteiger partial charge in [0.15, 0.2) is 17.5 Å². The van der Waals surface area contributed by atoms with E-state index in [2.05, 4.69) is 5.32 Å². The molecule has 0 saturated carbocycles. The van der Waals surface area contributed by atoms with Crippen LogP contribution in [0.4, 0.5) is 18.9 Å². The molecule has 0 aliphatic heterocycles. The molecule has 1 aromatic heterocycles. The van der Waals surface area contributed by atoms with E-state index in [4.69, 9.17) is 4.42 Å². The van der Waals surface area contributed by atoms with Crippen molar-refractivity contribution < 1.29 is 17.6 Å². The Morgan fingerprint density at radius 3 is 2.57 bits per heavy atom. The zero-order valence-corrected chi connectivity index (χ0v) is 11.2. The Bertz CT molecular complexity index is 811. The molecule has 108 valence electrons. The molecule has 3 rings (SSSR count). The monoisotopic (exact) mass is 291 g/mol. The van der Waals surface area contributed by atoms with E-state index in [1.165, 1.54) is 6.07 Å². The molecule has 0 amide bonds. The second-order valence-corrected chi connectivity index (χ2v) is 4.71. The zero-order chi connectivity index (χ0) is 15.0. The summed E-state index contributed by atoms with van der Waals surface area (Å²) in [7, 11) is 0. The smallest absolute Gasteiger partial charge is 0.196 e. The highest BCUT2D eigenvalue weighted by molar-refractivity contribution is 5.82. The van der Waals surface area contributed by atoms with E-state index in [1.54, 1.807) is 6.92 Å². The lowest BCUT2D eigenvalue weighted by Gasteiger charge is -2.08. The van der Waals surface area contributed by atoms with Gasteiger partial charge in [-0.05, 0) is 25.1 Å². The van der Waals surface area contributed by atoms with Gasteiger partial charge in [0.05, 0.1) is 5.69 Å². The van der Waals surface area contributed by atoms with E-state index in [0.29, 0.717) is 5.76 Å². The van der Waals surface area contributed by atoms with E-state index in [1.807, 2.05) is 24.3 Å². The van der Waals surface area contributed by atoms with Gasteiger partial charge >= 0.3 is 0 Å². The average molecular weight is 291 g/mol. The summed E-state index contributed by atoms with van der Waals surface area (Å²) in [5.41, 5.74) is 1.51. The zero-order valence-electron chi connectivity index (χ0n) is 11.2. The van der Waals surface area contributed by atoms with E-state index < -0.39 is 17.5 Å². The van der Waals surface area contributed by atoms with Crippen LogP contribution in [0.15, 0.2) is 40.8 Å². The highest BCUT2D eigenvalue weighted by atomic mass is 19.2. The van der Waals surface area contributed by atoms with Crippen LogP contribution in [0, 0.1) is 24.4 Å². The molecule has 0 aliphatic carbocycles. The number of hydrogen-bond donors (Lipinski definition) is 1. The van der Waals surface area contributed by atoms with Gasteiger partial charge in [-0.15, -0.1) is 0 Å². The maximum absolute atomic E-state index is 13.6. The van der Waals surface area contributed by atoms with Crippen LogP contribution in [0.2, 0.25) is 0 Å². The maximum atomic E-state index is 13.6.